The molecule has 0 radical (unpaired) electrons. The van der Waals surface area contributed by atoms with Crippen molar-refractivity contribution in [2.24, 2.45) is 0 Å². The maximum Gasteiger partial charge on any atom is 0.349 e. The van der Waals surface area contributed by atoms with E-state index in [1.165, 1.54) is 0 Å². The fourth-order valence-electron chi connectivity index (χ4n) is 2.19. The molecule has 1 aliphatic rings. The molecule has 118 valence electrons. The smallest absolute Gasteiger partial charge is 0.349 e. The Morgan fingerprint density at radius 3 is 2.59 bits per heavy atom. The van der Waals surface area contributed by atoms with Crippen molar-refractivity contribution < 1.29 is 24.2 Å². The van der Waals surface area contributed by atoms with E-state index in [0.717, 1.165) is 5.56 Å². The second-order valence-corrected chi connectivity index (χ2v) is 5.93. The van der Waals surface area contributed by atoms with Crippen molar-refractivity contribution in [1.82, 2.24) is 0 Å². The Morgan fingerprint density at radius 1 is 1.41 bits per heavy atom. The summed E-state index contributed by atoms with van der Waals surface area (Å²) in [5.41, 5.74) is -0.870. The molecule has 0 amide bonds. The molecule has 1 saturated heterocycles. The Hall–Kier alpha value is -2.14. The highest BCUT2D eigenvalue weighted by Gasteiger charge is 2.52. The zero-order chi connectivity index (χ0) is 16.2. The summed E-state index contributed by atoms with van der Waals surface area (Å²) in [5.74, 6) is -1.59. The fourth-order valence-corrected chi connectivity index (χ4v) is 2.19. The molecule has 1 heterocycles. The van der Waals surface area contributed by atoms with Crippen LogP contribution in [0.4, 0.5) is 0 Å². The van der Waals surface area contributed by atoms with Crippen molar-refractivity contribution in [2.75, 3.05) is 0 Å². The minimum absolute atomic E-state index is 0.0853. The van der Waals surface area contributed by atoms with Crippen LogP contribution in [0.1, 0.15) is 32.3 Å². The second kappa shape index (κ2) is 6.32. The second-order valence-electron chi connectivity index (χ2n) is 5.93. The van der Waals surface area contributed by atoms with Crippen LogP contribution in [0, 0.1) is 0 Å². The summed E-state index contributed by atoms with van der Waals surface area (Å²) >= 11 is 0. The van der Waals surface area contributed by atoms with Gasteiger partial charge < -0.3 is 14.6 Å². The first-order chi connectivity index (χ1) is 10.3. The number of esters is 1. The maximum absolute atomic E-state index is 11.2. The van der Waals surface area contributed by atoms with Gasteiger partial charge in [0.1, 0.15) is 0 Å². The third-order valence-electron chi connectivity index (χ3n) is 3.55. The Morgan fingerprint density at radius 2 is 2.05 bits per heavy atom. The average molecular weight is 304 g/mol. The van der Waals surface area contributed by atoms with Crippen LogP contribution in [-0.2, 0) is 25.7 Å². The summed E-state index contributed by atoms with van der Waals surface area (Å²) in [6.45, 7) is 4.26. The van der Waals surface area contributed by atoms with Crippen LogP contribution in [0.3, 0.4) is 0 Å². The Labute approximate surface area is 129 Å². The van der Waals surface area contributed by atoms with Crippen LogP contribution >= 0.6 is 0 Å². The van der Waals surface area contributed by atoms with Gasteiger partial charge in [0.25, 0.3) is 0 Å². The van der Waals surface area contributed by atoms with Crippen molar-refractivity contribution in [3.63, 3.8) is 0 Å². The molecule has 1 N–H and O–H groups in total. The first kappa shape index (κ1) is 16.2. The number of carbonyl (C=O) groups excluding carboxylic acids is 1. The number of ether oxygens (including phenoxy) is 2. The summed E-state index contributed by atoms with van der Waals surface area (Å²) < 4.78 is 10.6. The number of carboxylic acid groups (broad SMARTS) is 1. The summed E-state index contributed by atoms with van der Waals surface area (Å²) in [4.78, 5) is 22.1. The molecular formula is C17H20O5. The predicted molar refractivity (Wildman–Crippen MR) is 80.1 cm³/mol. The zero-order valence-corrected chi connectivity index (χ0v) is 12.7. The van der Waals surface area contributed by atoms with Gasteiger partial charge in [-0.05, 0) is 19.4 Å². The highest BCUT2D eigenvalue weighted by Crippen LogP contribution is 2.32. The summed E-state index contributed by atoms with van der Waals surface area (Å²) in [7, 11) is 0. The molecule has 1 aromatic carbocycles. The molecule has 1 unspecified atom stereocenters. The number of cyclic esters (lactones) is 1. The van der Waals surface area contributed by atoms with Gasteiger partial charge >= 0.3 is 11.9 Å². The molecule has 22 heavy (non-hydrogen) atoms. The highest BCUT2D eigenvalue weighted by molar-refractivity contribution is 5.92. The SMILES string of the molecule is CC(C)(C=CCC1(C(=O)O)CC(=O)O1)OCc1ccccc1. The molecule has 1 fully saturated rings. The molecule has 0 aliphatic carbocycles. The van der Waals surface area contributed by atoms with Crippen LogP contribution in [0.2, 0.25) is 0 Å². The molecular weight excluding hydrogens is 284 g/mol. The molecule has 1 atom stereocenters. The van der Waals surface area contributed by atoms with Gasteiger partial charge in [-0.3, -0.25) is 4.79 Å². The lowest BCUT2D eigenvalue weighted by molar-refractivity contribution is -0.203. The van der Waals surface area contributed by atoms with E-state index < -0.39 is 23.1 Å². The number of hydrogen-bond donors (Lipinski definition) is 1. The van der Waals surface area contributed by atoms with Gasteiger partial charge in [0.05, 0.1) is 18.6 Å². The number of benzene rings is 1. The molecule has 0 aromatic heterocycles. The van der Waals surface area contributed by atoms with Crippen LogP contribution in [0.5, 0.6) is 0 Å². The Bertz CT molecular complexity index is 566. The van der Waals surface area contributed by atoms with E-state index in [4.69, 9.17) is 14.6 Å². The summed E-state index contributed by atoms with van der Waals surface area (Å²) in [5, 5.41) is 9.14. The quantitative estimate of drug-likeness (QED) is 0.619. The Balaban J connectivity index is 1.88. The van der Waals surface area contributed by atoms with E-state index in [1.807, 2.05) is 44.2 Å². The third kappa shape index (κ3) is 3.95. The average Bonchev–Trinajstić information content (AvgIpc) is 2.44. The first-order valence-corrected chi connectivity index (χ1v) is 7.14. The van der Waals surface area contributed by atoms with Crippen molar-refractivity contribution in [2.45, 2.75) is 44.5 Å². The van der Waals surface area contributed by atoms with E-state index in [-0.39, 0.29) is 12.8 Å². The number of hydrogen-bond acceptors (Lipinski definition) is 4. The highest BCUT2D eigenvalue weighted by atomic mass is 16.6. The standard InChI is InChI=1S/C17H20O5/c1-16(2,21-12-13-7-4-3-5-8-13)9-6-10-17(15(19)20)11-14(18)22-17/h3-9H,10-12H2,1-2H3,(H,19,20). The van der Waals surface area contributed by atoms with E-state index in [9.17, 15) is 9.59 Å². The van der Waals surface area contributed by atoms with E-state index in [2.05, 4.69) is 0 Å². The van der Waals surface area contributed by atoms with Crippen molar-refractivity contribution in [1.29, 1.82) is 0 Å². The van der Waals surface area contributed by atoms with Gasteiger partial charge in [0, 0.05) is 6.42 Å². The van der Waals surface area contributed by atoms with E-state index in [1.54, 1.807) is 12.2 Å². The lowest BCUT2D eigenvalue weighted by Crippen LogP contribution is -2.53. The van der Waals surface area contributed by atoms with Gasteiger partial charge in [0.15, 0.2) is 0 Å². The van der Waals surface area contributed by atoms with Gasteiger partial charge in [-0.25, -0.2) is 4.79 Å². The third-order valence-corrected chi connectivity index (χ3v) is 3.55. The van der Waals surface area contributed by atoms with Gasteiger partial charge in [-0.1, -0.05) is 42.5 Å². The molecule has 1 aliphatic heterocycles. The fraction of sp³-hybridized carbons (Fsp3) is 0.412. The van der Waals surface area contributed by atoms with E-state index in [0.29, 0.717) is 6.61 Å². The van der Waals surface area contributed by atoms with Gasteiger partial charge in [-0.15, -0.1) is 0 Å². The minimum atomic E-state index is -1.40. The van der Waals surface area contributed by atoms with Crippen molar-refractivity contribution in [3.05, 3.63) is 48.0 Å². The molecule has 2 rings (SSSR count). The van der Waals surface area contributed by atoms with Crippen LogP contribution in [0.25, 0.3) is 0 Å². The number of rotatable bonds is 7. The molecule has 0 saturated carbocycles. The van der Waals surface area contributed by atoms with Crippen molar-refractivity contribution >= 4 is 11.9 Å². The molecule has 5 nitrogen and oxygen atoms in total. The molecule has 5 heteroatoms. The Kier molecular flexibility index (Phi) is 4.66. The summed E-state index contributed by atoms with van der Waals surface area (Å²) in [6, 6.07) is 9.80. The monoisotopic (exact) mass is 304 g/mol. The maximum atomic E-state index is 11.2. The lowest BCUT2D eigenvalue weighted by Gasteiger charge is -2.35. The normalized spacial score (nSPS) is 21.5. The molecule has 0 bridgehead atoms. The molecule has 1 aromatic rings. The van der Waals surface area contributed by atoms with E-state index >= 15 is 0 Å². The topological polar surface area (TPSA) is 72.8 Å². The zero-order valence-electron chi connectivity index (χ0n) is 12.7. The van der Waals surface area contributed by atoms with Crippen LogP contribution in [0.15, 0.2) is 42.5 Å². The van der Waals surface area contributed by atoms with Gasteiger partial charge in [-0.2, -0.15) is 0 Å². The number of aliphatic carboxylic acids is 1. The van der Waals surface area contributed by atoms with Crippen LogP contribution in [-0.4, -0.2) is 28.2 Å². The van der Waals surface area contributed by atoms with Gasteiger partial charge in [0.2, 0.25) is 5.60 Å². The largest absolute Gasteiger partial charge is 0.478 e. The van der Waals surface area contributed by atoms with Crippen molar-refractivity contribution in [3.8, 4) is 0 Å². The summed E-state index contributed by atoms with van der Waals surface area (Å²) in [6.07, 6.45) is 3.56. The minimum Gasteiger partial charge on any atom is -0.478 e. The number of carbonyl (C=O) groups is 2. The lowest BCUT2D eigenvalue weighted by atomic mass is 9.89. The predicted octanol–water partition coefficient (Wildman–Crippen LogP) is 2.70. The number of carboxylic acids is 1. The molecule has 0 spiro atoms. The first-order valence-electron chi connectivity index (χ1n) is 7.14. The van der Waals surface area contributed by atoms with Crippen LogP contribution < -0.4 is 0 Å².